The second-order valence-electron chi connectivity index (χ2n) is 5.69. The third-order valence-electron chi connectivity index (χ3n) is 3.74. The number of rotatable bonds is 6. The van der Waals surface area contributed by atoms with Gasteiger partial charge in [0, 0.05) is 27.4 Å². The zero-order valence-corrected chi connectivity index (χ0v) is 16.7. The van der Waals surface area contributed by atoms with Crippen LogP contribution >= 0.6 is 46.1 Å². The molecule has 0 aliphatic carbocycles. The summed E-state index contributed by atoms with van der Waals surface area (Å²) in [7, 11) is 0. The third-order valence-corrected chi connectivity index (χ3v) is 5.30. The second kappa shape index (κ2) is 8.87. The van der Waals surface area contributed by atoms with Gasteiger partial charge in [-0.3, -0.25) is 4.79 Å². The lowest BCUT2D eigenvalue weighted by Gasteiger charge is -2.03. The van der Waals surface area contributed by atoms with E-state index in [9.17, 15) is 4.79 Å². The number of benzene rings is 2. The van der Waals surface area contributed by atoms with Gasteiger partial charge in [-0.15, -0.1) is 11.3 Å². The molecule has 0 bridgehead atoms. The molecule has 1 heterocycles. The number of carbonyl (C=O) groups is 1. The maximum absolute atomic E-state index is 12.1. The summed E-state index contributed by atoms with van der Waals surface area (Å²) in [5, 5.41) is 7.07. The minimum atomic E-state index is -0.0536. The van der Waals surface area contributed by atoms with Gasteiger partial charge in [0.05, 0.1) is 10.7 Å². The van der Waals surface area contributed by atoms with Gasteiger partial charge in [-0.1, -0.05) is 46.9 Å². The van der Waals surface area contributed by atoms with E-state index in [1.807, 2.05) is 35.7 Å². The summed E-state index contributed by atoms with van der Waals surface area (Å²) in [5.74, 6) is -0.0536. The number of nitrogens with one attached hydrogen (secondary N) is 1. The van der Waals surface area contributed by atoms with E-state index in [4.69, 9.17) is 34.8 Å². The molecular weight excluding hydrogens is 411 g/mol. The molecule has 3 nitrogen and oxygen atoms in total. The summed E-state index contributed by atoms with van der Waals surface area (Å²) >= 11 is 19.3. The van der Waals surface area contributed by atoms with E-state index in [-0.39, 0.29) is 5.91 Å². The highest BCUT2D eigenvalue weighted by molar-refractivity contribution is 7.14. The van der Waals surface area contributed by atoms with E-state index in [0.29, 0.717) is 32.3 Å². The standard InChI is InChI=1S/C19H15Cl3N2OS/c20-13-6-4-12(5-7-13)2-1-3-18(25)24-19-23-17(11-26-19)15-9-8-14(21)10-16(15)22/h4-11H,1-3H2,(H,23,24,25). The van der Waals surface area contributed by atoms with E-state index in [2.05, 4.69) is 10.3 Å². The predicted molar refractivity (Wildman–Crippen MR) is 111 cm³/mol. The fourth-order valence-electron chi connectivity index (χ4n) is 2.44. The fraction of sp³-hybridized carbons (Fsp3) is 0.158. The first-order valence-corrected chi connectivity index (χ1v) is 9.98. The first kappa shape index (κ1) is 19.2. The van der Waals surface area contributed by atoms with Crippen LogP contribution < -0.4 is 5.32 Å². The van der Waals surface area contributed by atoms with Crippen molar-refractivity contribution in [2.75, 3.05) is 5.32 Å². The Bertz CT molecular complexity index is 909. The molecule has 3 aromatic rings. The van der Waals surface area contributed by atoms with E-state index in [1.54, 1.807) is 12.1 Å². The van der Waals surface area contributed by atoms with Crippen molar-refractivity contribution in [2.45, 2.75) is 19.3 Å². The van der Waals surface area contributed by atoms with Crippen molar-refractivity contribution in [2.24, 2.45) is 0 Å². The molecule has 0 aliphatic heterocycles. The van der Waals surface area contributed by atoms with Crippen LogP contribution in [0, 0.1) is 0 Å². The number of aryl methyl sites for hydroxylation is 1. The summed E-state index contributed by atoms with van der Waals surface area (Å²) in [6.07, 6.45) is 2.02. The van der Waals surface area contributed by atoms with Gasteiger partial charge >= 0.3 is 0 Å². The molecule has 3 rings (SSSR count). The summed E-state index contributed by atoms with van der Waals surface area (Å²) in [6, 6.07) is 12.9. The molecule has 0 aliphatic rings. The number of nitrogens with zero attached hydrogens (tertiary/aromatic N) is 1. The monoisotopic (exact) mass is 424 g/mol. The van der Waals surface area contributed by atoms with Gasteiger partial charge in [0.15, 0.2) is 5.13 Å². The largest absolute Gasteiger partial charge is 0.302 e. The molecule has 0 saturated heterocycles. The molecule has 0 radical (unpaired) electrons. The molecule has 1 N–H and O–H groups in total. The molecular formula is C19H15Cl3N2OS. The molecule has 1 amide bonds. The van der Waals surface area contributed by atoms with Crippen LogP contribution in [0.1, 0.15) is 18.4 Å². The minimum absolute atomic E-state index is 0.0536. The maximum atomic E-state index is 12.1. The summed E-state index contributed by atoms with van der Waals surface area (Å²) in [5.41, 5.74) is 2.67. The van der Waals surface area contributed by atoms with Crippen LogP contribution in [0.3, 0.4) is 0 Å². The van der Waals surface area contributed by atoms with Gasteiger partial charge in [0.25, 0.3) is 0 Å². The van der Waals surface area contributed by atoms with E-state index >= 15 is 0 Å². The zero-order valence-electron chi connectivity index (χ0n) is 13.6. The van der Waals surface area contributed by atoms with E-state index in [0.717, 1.165) is 24.0 Å². The molecule has 0 spiro atoms. The summed E-state index contributed by atoms with van der Waals surface area (Å²) in [4.78, 5) is 16.5. The van der Waals surface area contributed by atoms with Crippen LogP contribution in [0.25, 0.3) is 11.3 Å². The highest BCUT2D eigenvalue weighted by atomic mass is 35.5. The lowest BCUT2D eigenvalue weighted by Crippen LogP contribution is -2.11. The van der Waals surface area contributed by atoms with Crippen LogP contribution in [0.5, 0.6) is 0 Å². The quantitative estimate of drug-likeness (QED) is 0.475. The first-order valence-electron chi connectivity index (χ1n) is 7.96. The predicted octanol–water partition coefficient (Wildman–Crippen LogP) is 6.73. The average Bonchev–Trinajstić information content (AvgIpc) is 3.04. The molecule has 2 aromatic carbocycles. The van der Waals surface area contributed by atoms with Gasteiger partial charge in [-0.05, 0) is 48.7 Å². The zero-order chi connectivity index (χ0) is 18.5. The number of hydrogen-bond acceptors (Lipinski definition) is 3. The van der Waals surface area contributed by atoms with Crippen molar-refractivity contribution < 1.29 is 4.79 Å². The Balaban J connectivity index is 1.53. The number of anilines is 1. The molecule has 0 fully saturated rings. The number of halogens is 3. The molecule has 26 heavy (non-hydrogen) atoms. The van der Waals surface area contributed by atoms with Crippen molar-refractivity contribution in [3.05, 3.63) is 68.5 Å². The van der Waals surface area contributed by atoms with Crippen molar-refractivity contribution in [3.63, 3.8) is 0 Å². The Morgan fingerprint density at radius 3 is 2.50 bits per heavy atom. The van der Waals surface area contributed by atoms with Crippen LogP contribution in [-0.2, 0) is 11.2 Å². The molecule has 7 heteroatoms. The number of aromatic nitrogens is 1. The van der Waals surface area contributed by atoms with E-state index < -0.39 is 0 Å². The summed E-state index contributed by atoms with van der Waals surface area (Å²) < 4.78 is 0. The average molecular weight is 426 g/mol. The Labute approximate surface area is 170 Å². The Hall–Kier alpha value is -1.59. The van der Waals surface area contributed by atoms with Crippen LogP contribution in [0.4, 0.5) is 5.13 Å². The first-order chi connectivity index (χ1) is 12.5. The van der Waals surface area contributed by atoms with Crippen molar-refractivity contribution >= 4 is 57.2 Å². The second-order valence-corrected chi connectivity index (χ2v) is 7.83. The molecule has 0 atom stereocenters. The van der Waals surface area contributed by atoms with Crippen molar-refractivity contribution in [1.29, 1.82) is 0 Å². The van der Waals surface area contributed by atoms with Crippen LogP contribution in [0.15, 0.2) is 47.8 Å². The highest BCUT2D eigenvalue weighted by Crippen LogP contribution is 2.32. The topological polar surface area (TPSA) is 42.0 Å². The van der Waals surface area contributed by atoms with Crippen LogP contribution in [0.2, 0.25) is 15.1 Å². The Morgan fingerprint density at radius 2 is 1.77 bits per heavy atom. The number of hydrogen-bond donors (Lipinski definition) is 1. The normalized spacial score (nSPS) is 10.7. The summed E-state index contributed by atoms with van der Waals surface area (Å²) in [6.45, 7) is 0. The molecule has 0 unspecified atom stereocenters. The Morgan fingerprint density at radius 1 is 1.04 bits per heavy atom. The van der Waals surface area contributed by atoms with Gasteiger partial charge in [-0.2, -0.15) is 0 Å². The lowest BCUT2D eigenvalue weighted by atomic mass is 10.1. The molecule has 134 valence electrons. The highest BCUT2D eigenvalue weighted by Gasteiger charge is 2.11. The SMILES string of the molecule is O=C(CCCc1ccc(Cl)cc1)Nc1nc(-c2ccc(Cl)cc2Cl)cs1. The third kappa shape index (κ3) is 5.21. The Kier molecular flexibility index (Phi) is 6.54. The molecule has 0 saturated carbocycles. The van der Waals surface area contributed by atoms with Crippen molar-refractivity contribution in [3.8, 4) is 11.3 Å². The van der Waals surface area contributed by atoms with Crippen molar-refractivity contribution in [1.82, 2.24) is 4.98 Å². The molecule has 1 aromatic heterocycles. The van der Waals surface area contributed by atoms with Crippen LogP contribution in [-0.4, -0.2) is 10.9 Å². The lowest BCUT2D eigenvalue weighted by molar-refractivity contribution is -0.116. The minimum Gasteiger partial charge on any atom is -0.302 e. The van der Waals surface area contributed by atoms with Gasteiger partial charge in [-0.25, -0.2) is 4.98 Å². The number of carbonyl (C=O) groups excluding carboxylic acids is 1. The number of thiazole rings is 1. The van der Waals surface area contributed by atoms with E-state index in [1.165, 1.54) is 11.3 Å². The van der Waals surface area contributed by atoms with Gasteiger partial charge in [0.2, 0.25) is 5.91 Å². The number of amides is 1. The maximum Gasteiger partial charge on any atom is 0.226 e. The smallest absolute Gasteiger partial charge is 0.226 e. The fourth-order valence-corrected chi connectivity index (χ4v) is 3.80. The van der Waals surface area contributed by atoms with Gasteiger partial charge < -0.3 is 5.32 Å². The van der Waals surface area contributed by atoms with Gasteiger partial charge in [0.1, 0.15) is 0 Å².